The van der Waals surface area contributed by atoms with E-state index in [4.69, 9.17) is 4.74 Å². The first kappa shape index (κ1) is 20.8. The number of ether oxygens (including phenoxy) is 1. The number of halogens is 1. The fourth-order valence-electron chi connectivity index (χ4n) is 5.15. The molecule has 3 heterocycles. The van der Waals surface area contributed by atoms with Crippen molar-refractivity contribution in [2.45, 2.75) is 50.4 Å². The number of rotatable bonds is 5. The lowest BCUT2D eigenvalue weighted by atomic mass is 9.83. The maximum Gasteiger partial charge on any atom is 0.264 e. The van der Waals surface area contributed by atoms with Crippen molar-refractivity contribution in [1.29, 1.82) is 0 Å². The van der Waals surface area contributed by atoms with Gasteiger partial charge in [-0.15, -0.1) is 6.58 Å². The Morgan fingerprint density at radius 2 is 2.28 bits per heavy atom. The van der Waals surface area contributed by atoms with Gasteiger partial charge >= 0.3 is 0 Å². The molecule has 0 unspecified atom stereocenters. The zero-order valence-corrected chi connectivity index (χ0v) is 18.8. The third-order valence-corrected chi connectivity index (χ3v) is 7.17. The summed E-state index contributed by atoms with van der Waals surface area (Å²) in [5, 5.41) is 9.52. The summed E-state index contributed by atoms with van der Waals surface area (Å²) in [4.78, 5) is 29.9. The maximum atomic E-state index is 13.5. The van der Waals surface area contributed by atoms with Crippen LogP contribution >= 0.6 is 22.6 Å². The van der Waals surface area contributed by atoms with Gasteiger partial charge in [-0.3, -0.25) is 9.59 Å². The monoisotopic (exact) mass is 510 g/mol. The smallest absolute Gasteiger partial charge is 0.264 e. The van der Waals surface area contributed by atoms with E-state index in [0.717, 1.165) is 27.7 Å². The molecule has 1 aromatic rings. The summed E-state index contributed by atoms with van der Waals surface area (Å²) >= 11 is 2.25. The van der Waals surface area contributed by atoms with Crippen molar-refractivity contribution in [3.05, 3.63) is 40.0 Å². The molecule has 4 atom stereocenters. The van der Waals surface area contributed by atoms with Crippen LogP contribution in [0, 0.1) is 9.49 Å². The lowest BCUT2D eigenvalue weighted by Gasteiger charge is -2.28. The van der Waals surface area contributed by atoms with Crippen LogP contribution in [0.5, 0.6) is 0 Å². The van der Waals surface area contributed by atoms with Gasteiger partial charge < -0.3 is 19.6 Å². The second-order valence-electron chi connectivity index (χ2n) is 8.25. The highest BCUT2D eigenvalue weighted by atomic mass is 127. The Morgan fingerprint density at radius 3 is 3.00 bits per heavy atom. The van der Waals surface area contributed by atoms with Crippen molar-refractivity contribution in [1.82, 2.24) is 4.90 Å². The molecule has 7 heteroatoms. The molecule has 29 heavy (non-hydrogen) atoms. The van der Waals surface area contributed by atoms with Gasteiger partial charge in [0.25, 0.3) is 5.91 Å². The highest BCUT2D eigenvalue weighted by Crippen LogP contribution is 2.53. The van der Waals surface area contributed by atoms with E-state index in [1.165, 1.54) is 0 Å². The lowest BCUT2D eigenvalue weighted by molar-refractivity contribution is -0.149. The Morgan fingerprint density at radius 1 is 1.48 bits per heavy atom. The quantitative estimate of drug-likeness (QED) is 0.489. The minimum atomic E-state index is -1.04. The molecule has 2 fully saturated rings. The van der Waals surface area contributed by atoms with Crippen LogP contribution in [0.3, 0.4) is 0 Å². The number of fused-ring (bicyclic) bond motifs is 2. The number of aliphatic hydroxyl groups excluding tert-OH is 1. The molecule has 4 rings (SSSR count). The number of likely N-dealkylation sites (tertiary alicyclic amines) is 1. The summed E-state index contributed by atoms with van der Waals surface area (Å²) in [7, 11) is 0. The van der Waals surface area contributed by atoms with E-state index >= 15 is 0 Å². The Kier molecular flexibility index (Phi) is 5.74. The van der Waals surface area contributed by atoms with Gasteiger partial charge in [0.05, 0.1) is 30.9 Å². The molecule has 0 bridgehead atoms. The molecular weight excluding hydrogens is 483 g/mol. The number of carbonyl (C=O) groups excluding carboxylic acids is 2. The molecule has 6 nitrogen and oxygen atoms in total. The summed E-state index contributed by atoms with van der Waals surface area (Å²) in [6.07, 6.45) is 4.08. The van der Waals surface area contributed by atoms with E-state index in [1.807, 2.05) is 25.1 Å². The van der Waals surface area contributed by atoms with Crippen molar-refractivity contribution >= 4 is 40.1 Å². The maximum absolute atomic E-state index is 13.5. The van der Waals surface area contributed by atoms with Crippen molar-refractivity contribution in [3.63, 3.8) is 0 Å². The van der Waals surface area contributed by atoms with Gasteiger partial charge in [0.15, 0.2) is 5.60 Å². The fraction of sp³-hybridized carbons (Fsp3) is 0.545. The van der Waals surface area contributed by atoms with Crippen LogP contribution in [0.25, 0.3) is 0 Å². The Bertz CT molecular complexity index is 844. The fourth-order valence-corrected chi connectivity index (χ4v) is 5.64. The van der Waals surface area contributed by atoms with E-state index in [-0.39, 0.29) is 42.9 Å². The van der Waals surface area contributed by atoms with Gasteiger partial charge in [0, 0.05) is 28.1 Å². The third-order valence-electron chi connectivity index (χ3n) is 6.50. The van der Waals surface area contributed by atoms with Crippen LogP contribution in [-0.4, -0.2) is 53.7 Å². The molecule has 2 saturated heterocycles. The van der Waals surface area contributed by atoms with E-state index in [1.54, 1.807) is 15.9 Å². The molecule has 1 spiro atoms. The van der Waals surface area contributed by atoms with Gasteiger partial charge in [0.1, 0.15) is 0 Å². The molecule has 1 N–H and O–H groups in total. The topological polar surface area (TPSA) is 70.1 Å². The molecule has 156 valence electrons. The Balaban J connectivity index is 1.60. The van der Waals surface area contributed by atoms with Gasteiger partial charge in [-0.05, 0) is 60.1 Å². The van der Waals surface area contributed by atoms with Crippen LogP contribution in [0.1, 0.15) is 38.2 Å². The van der Waals surface area contributed by atoms with E-state index in [2.05, 4.69) is 29.2 Å². The first-order valence-corrected chi connectivity index (χ1v) is 11.3. The summed E-state index contributed by atoms with van der Waals surface area (Å²) in [5.74, 6) is -0.0925. The molecule has 2 amide bonds. The number of anilines is 1. The summed E-state index contributed by atoms with van der Waals surface area (Å²) in [6.45, 7) is 6.94. The van der Waals surface area contributed by atoms with Gasteiger partial charge in [-0.25, -0.2) is 0 Å². The Labute approximate surface area is 185 Å². The van der Waals surface area contributed by atoms with E-state index in [0.29, 0.717) is 19.5 Å². The predicted octanol–water partition coefficient (Wildman–Crippen LogP) is 2.82. The minimum Gasteiger partial charge on any atom is -0.394 e. The van der Waals surface area contributed by atoms with Crippen LogP contribution in [0.4, 0.5) is 5.69 Å². The highest BCUT2D eigenvalue weighted by Gasteiger charge is 2.60. The highest BCUT2D eigenvalue weighted by molar-refractivity contribution is 14.1. The summed E-state index contributed by atoms with van der Waals surface area (Å²) < 4.78 is 7.50. The predicted molar refractivity (Wildman–Crippen MR) is 118 cm³/mol. The zero-order valence-electron chi connectivity index (χ0n) is 16.6. The van der Waals surface area contributed by atoms with Crippen LogP contribution in [0.2, 0.25) is 0 Å². The number of hydrogen-bond acceptors (Lipinski definition) is 4. The van der Waals surface area contributed by atoms with Gasteiger partial charge in [-0.1, -0.05) is 13.0 Å². The largest absolute Gasteiger partial charge is 0.394 e. The van der Waals surface area contributed by atoms with Gasteiger partial charge in [0.2, 0.25) is 5.91 Å². The normalized spacial score (nSPS) is 31.0. The van der Waals surface area contributed by atoms with Crippen LogP contribution < -0.4 is 4.90 Å². The molecule has 0 radical (unpaired) electrons. The lowest BCUT2D eigenvalue weighted by Crippen LogP contribution is -2.44. The van der Waals surface area contributed by atoms with Gasteiger partial charge in [-0.2, -0.15) is 0 Å². The number of aliphatic hydroxyl groups is 1. The number of hydrogen-bond donors (Lipinski definition) is 1. The van der Waals surface area contributed by atoms with E-state index < -0.39 is 5.60 Å². The Hall–Kier alpha value is -1.45. The van der Waals surface area contributed by atoms with Crippen LogP contribution in [-0.2, 0) is 19.9 Å². The zero-order chi connectivity index (χ0) is 20.8. The molecule has 1 aromatic carbocycles. The number of carbonyl (C=O) groups is 2. The average molecular weight is 510 g/mol. The van der Waals surface area contributed by atoms with E-state index in [9.17, 15) is 14.7 Å². The number of nitrogens with zero attached hydrogens (tertiary/aromatic N) is 2. The standard InChI is InChI=1S/C22H27IN2O4/c1-3-8-25-19-7-6-15(23)11-18(19)22(21(25)28)14(2)10-17(29-22)12-20(27)24-9-4-5-16(24)13-26/h3,6-7,11,14,16-17,26H,1,4-5,8-10,12-13H2,2H3/t14-,16-,17-,22+/m0/s1. The summed E-state index contributed by atoms with van der Waals surface area (Å²) in [5.41, 5.74) is 0.730. The average Bonchev–Trinajstić information content (AvgIpc) is 3.35. The molecule has 0 aliphatic carbocycles. The third kappa shape index (κ3) is 3.31. The second-order valence-corrected chi connectivity index (χ2v) is 9.49. The molecule has 0 aromatic heterocycles. The number of benzene rings is 1. The first-order chi connectivity index (χ1) is 13.9. The van der Waals surface area contributed by atoms with Crippen molar-refractivity contribution < 1.29 is 19.4 Å². The van der Waals surface area contributed by atoms with Crippen molar-refractivity contribution in [3.8, 4) is 0 Å². The molecule has 3 aliphatic heterocycles. The second kappa shape index (κ2) is 8.00. The van der Waals surface area contributed by atoms with Crippen molar-refractivity contribution in [2.24, 2.45) is 5.92 Å². The minimum absolute atomic E-state index is 0.00157. The molecule has 0 saturated carbocycles. The van der Waals surface area contributed by atoms with Crippen molar-refractivity contribution in [2.75, 3.05) is 24.6 Å². The first-order valence-electron chi connectivity index (χ1n) is 10.2. The summed E-state index contributed by atoms with van der Waals surface area (Å²) in [6, 6.07) is 5.90. The SMILES string of the molecule is C=CCN1C(=O)[C@]2(O[C@H](CC(=O)N3CCC[C@H]3CO)C[C@@H]2C)c2cc(I)ccc21. The van der Waals surface area contributed by atoms with Crippen LogP contribution in [0.15, 0.2) is 30.9 Å². The number of amides is 2. The molecular formula is C22H27IN2O4. The molecule has 3 aliphatic rings.